The number of rotatable bonds is 7. The van der Waals surface area contributed by atoms with Gasteiger partial charge in [0, 0.05) is 16.6 Å². The fourth-order valence-electron chi connectivity index (χ4n) is 3.66. The Morgan fingerprint density at radius 2 is 1.62 bits per heavy atom. The van der Waals surface area contributed by atoms with Crippen LogP contribution in [-0.4, -0.2) is 11.9 Å². The van der Waals surface area contributed by atoms with E-state index in [9.17, 15) is 4.79 Å². The number of para-hydroxylation sites is 1. The number of anilines is 1. The summed E-state index contributed by atoms with van der Waals surface area (Å²) in [5, 5.41) is 8.67. The number of benzene rings is 2. The van der Waals surface area contributed by atoms with Crippen LogP contribution in [0.4, 0.5) is 5.69 Å². The molecule has 1 aliphatic rings. The smallest absolute Gasteiger partial charge is 0.248 e. The molecule has 3 aromatic rings. The van der Waals surface area contributed by atoms with Gasteiger partial charge in [0.25, 0.3) is 0 Å². The summed E-state index contributed by atoms with van der Waals surface area (Å²) in [5.41, 5.74) is 0.891. The average Bonchev–Trinajstić information content (AvgIpc) is 3.29. The van der Waals surface area contributed by atoms with Gasteiger partial charge in [-0.25, -0.2) is 0 Å². The Bertz CT molecular complexity index is 888. The Morgan fingerprint density at radius 3 is 2.31 bits per heavy atom. The van der Waals surface area contributed by atoms with Crippen molar-refractivity contribution >= 4 is 22.9 Å². The molecule has 5 heteroatoms. The van der Waals surface area contributed by atoms with E-state index < -0.39 is 6.04 Å². The summed E-state index contributed by atoms with van der Waals surface area (Å²) in [6, 6.07) is 21.3. The van der Waals surface area contributed by atoms with Gasteiger partial charge >= 0.3 is 0 Å². The molecule has 1 amide bonds. The number of carbonyl (C=O) groups is 1. The average molecular weight is 407 g/mol. The van der Waals surface area contributed by atoms with Crippen molar-refractivity contribution in [2.75, 3.05) is 5.32 Å². The zero-order valence-corrected chi connectivity index (χ0v) is 17.2. The maximum atomic E-state index is 13.0. The van der Waals surface area contributed by atoms with Crippen LogP contribution in [-0.2, 0) is 4.79 Å². The lowest BCUT2D eigenvalue weighted by molar-refractivity contribution is -0.122. The molecule has 2 aromatic carbocycles. The van der Waals surface area contributed by atoms with Crippen LogP contribution in [0.2, 0.25) is 0 Å². The van der Waals surface area contributed by atoms with Crippen LogP contribution in [0.5, 0.6) is 11.5 Å². The standard InChI is InChI=1S/C24H26N2O2S/c27-24(26-18-8-3-1-4-9-18)23(22-12-7-17-29-22)25-19-13-15-21(16-14-19)28-20-10-5-2-6-11-20/h2,5-7,10-18,23,25H,1,3-4,8-9H2,(H,26,27). The molecule has 1 heterocycles. The van der Waals surface area contributed by atoms with Gasteiger partial charge in [0.15, 0.2) is 0 Å². The summed E-state index contributed by atoms with van der Waals surface area (Å²) < 4.78 is 5.85. The molecule has 1 aliphatic carbocycles. The number of thiophene rings is 1. The number of ether oxygens (including phenoxy) is 1. The summed E-state index contributed by atoms with van der Waals surface area (Å²) in [6.07, 6.45) is 5.83. The predicted octanol–water partition coefficient (Wildman–Crippen LogP) is 6.14. The molecule has 0 spiro atoms. The lowest BCUT2D eigenvalue weighted by Crippen LogP contribution is -2.41. The maximum Gasteiger partial charge on any atom is 0.248 e. The van der Waals surface area contributed by atoms with Crippen molar-refractivity contribution in [3.8, 4) is 11.5 Å². The molecule has 29 heavy (non-hydrogen) atoms. The van der Waals surface area contributed by atoms with Crippen LogP contribution in [0.15, 0.2) is 72.1 Å². The number of nitrogens with one attached hydrogen (secondary N) is 2. The minimum absolute atomic E-state index is 0.0453. The van der Waals surface area contributed by atoms with Gasteiger partial charge in [-0.3, -0.25) is 4.79 Å². The summed E-state index contributed by atoms with van der Waals surface area (Å²) >= 11 is 1.60. The van der Waals surface area contributed by atoms with E-state index >= 15 is 0 Å². The van der Waals surface area contributed by atoms with E-state index in [1.165, 1.54) is 19.3 Å². The molecule has 150 valence electrons. The van der Waals surface area contributed by atoms with Crippen LogP contribution in [0.3, 0.4) is 0 Å². The zero-order chi connectivity index (χ0) is 19.9. The van der Waals surface area contributed by atoms with Crippen molar-refractivity contribution in [2.45, 2.75) is 44.2 Å². The fourth-order valence-corrected chi connectivity index (χ4v) is 4.44. The molecule has 1 unspecified atom stereocenters. The van der Waals surface area contributed by atoms with Crippen LogP contribution >= 0.6 is 11.3 Å². The molecule has 1 fully saturated rings. The van der Waals surface area contributed by atoms with E-state index in [0.717, 1.165) is 34.9 Å². The molecule has 0 aliphatic heterocycles. The number of carbonyl (C=O) groups excluding carboxylic acids is 1. The third kappa shape index (κ3) is 5.39. The zero-order valence-electron chi connectivity index (χ0n) is 16.3. The van der Waals surface area contributed by atoms with Crippen molar-refractivity contribution in [3.05, 3.63) is 77.0 Å². The largest absolute Gasteiger partial charge is 0.457 e. The molecule has 0 bridgehead atoms. The second kappa shape index (κ2) is 9.61. The highest BCUT2D eigenvalue weighted by Gasteiger charge is 2.25. The molecule has 1 aromatic heterocycles. The third-order valence-corrected chi connectivity index (χ3v) is 6.12. The maximum absolute atomic E-state index is 13.0. The summed E-state index contributed by atoms with van der Waals surface area (Å²) in [5.74, 6) is 1.61. The monoisotopic (exact) mass is 406 g/mol. The number of hydrogen-bond donors (Lipinski definition) is 2. The van der Waals surface area contributed by atoms with Crippen molar-refractivity contribution in [2.24, 2.45) is 0 Å². The SMILES string of the molecule is O=C(NC1CCCCC1)C(Nc1ccc(Oc2ccccc2)cc1)c1cccs1. The normalized spacial score (nSPS) is 15.4. The molecule has 0 saturated heterocycles. The number of hydrogen-bond acceptors (Lipinski definition) is 4. The van der Waals surface area contributed by atoms with Gasteiger partial charge in [-0.05, 0) is 60.7 Å². The fraction of sp³-hybridized carbons (Fsp3) is 0.292. The topological polar surface area (TPSA) is 50.4 Å². The highest BCUT2D eigenvalue weighted by molar-refractivity contribution is 7.10. The van der Waals surface area contributed by atoms with Crippen molar-refractivity contribution < 1.29 is 9.53 Å². The first-order valence-electron chi connectivity index (χ1n) is 10.2. The highest BCUT2D eigenvalue weighted by Crippen LogP contribution is 2.28. The van der Waals surface area contributed by atoms with E-state index in [1.807, 2.05) is 72.1 Å². The molecular weight excluding hydrogens is 380 g/mol. The van der Waals surface area contributed by atoms with Gasteiger partial charge in [-0.2, -0.15) is 0 Å². The first-order valence-corrected chi connectivity index (χ1v) is 11.1. The van der Waals surface area contributed by atoms with Crippen molar-refractivity contribution in [1.29, 1.82) is 0 Å². The van der Waals surface area contributed by atoms with Crippen molar-refractivity contribution in [1.82, 2.24) is 5.32 Å². The number of amides is 1. The summed E-state index contributed by atoms with van der Waals surface area (Å²) in [6.45, 7) is 0. The molecule has 0 radical (unpaired) electrons. The third-order valence-electron chi connectivity index (χ3n) is 5.19. The van der Waals surface area contributed by atoms with E-state index in [0.29, 0.717) is 6.04 Å². The van der Waals surface area contributed by atoms with Gasteiger partial charge in [0.05, 0.1) is 0 Å². The first kappa shape index (κ1) is 19.5. The molecule has 4 nitrogen and oxygen atoms in total. The van der Waals surface area contributed by atoms with Gasteiger partial charge in [0.1, 0.15) is 17.5 Å². The van der Waals surface area contributed by atoms with Gasteiger partial charge in [-0.15, -0.1) is 11.3 Å². The summed E-state index contributed by atoms with van der Waals surface area (Å²) in [7, 11) is 0. The van der Waals surface area contributed by atoms with E-state index in [2.05, 4.69) is 10.6 Å². The molecular formula is C24H26N2O2S. The lowest BCUT2D eigenvalue weighted by atomic mass is 9.95. The molecule has 1 saturated carbocycles. The van der Waals surface area contributed by atoms with Gasteiger partial charge in [0.2, 0.25) is 5.91 Å². The molecule has 2 N–H and O–H groups in total. The van der Waals surface area contributed by atoms with Crippen LogP contribution in [0, 0.1) is 0 Å². The summed E-state index contributed by atoms with van der Waals surface area (Å²) in [4.78, 5) is 14.0. The van der Waals surface area contributed by atoms with Crippen molar-refractivity contribution in [3.63, 3.8) is 0 Å². The Morgan fingerprint density at radius 1 is 0.897 bits per heavy atom. The van der Waals surface area contributed by atoms with E-state index in [4.69, 9.17) is 4.74 Å². The second-order valence-electron chi connectivity index (χ2n) is 7.38. The molecule has 1 atom stereocenters. The lowest BCUT2D eigenvalue weighted by Gasteiger charge is -2.26. The quantitative estimate of drug-likeness (QED) is 0.495. The Hall–Kier alpha value is -2.79. The Labute approximate surface area is 175 Å². The van der Waals surface area contributed by atoms with Gasteiger partial charge < -0.3 is 15.4 Å². The highest BCUT2D eigenvalue weighted by atomic mass is 32.1. The van der Waals surface area contributed by atoms with Gasteiger partial charge in [-0.1, -0.05) is 43.5 Å². The van der Waals surface area contributed by atoms with E-state index in [-0.39, 0.29) is 5.91 Å². The second-order valence-corrected chi connectivity index (χ2v) is 8.36. The first-order chi connectivity index (χ1) is 14.3. The Balaban J connectivity index is 1.43. The molecule has 4 rings (SSSR count). The Kier molecular flexibility index (Phi) is 6.47. The minimum atomic E-state index is -0.391. The minimum Gasteiger partial charge on any atom is -0.457 e. The van der Waals surface area contributed by atoms with Crippen LogP contribution in [0.1, 0.15) is 43.0 Å². The van der Waals surface area contributed by atoms with Crippen LogP contribution < -0.4 is 15.4 Å². The van der Waals surface area contributed by atoms with Crippen LogP contribution in [0.25, 0.3) is 0 Å². The van der Waals surface area contributed by atoms with E-state index in [1.54, 1.807) is 11.3 Å². The predicted molar refractivity (Wildman–Crippen MR) is 119 cm³/mol.